The van der Waals surface area contributed by atoms with Crippen molar-refractivity contribution in [2.45, 2.75) is 26.5 Å². The molecule has 4 heteroatoms. The first kappa shape index (κ1) is 14.2. The van der Waals surface area contributed by atoms with Gasteiger partial charge in [-0.1, -0.05) is 37.1 Å². The third kappa shape index (κ3) is 2.68. The maximum atomic E-state index is 6.17. The Kier molecular flexibility index (Phi) is 4.44. The van der Waals surface area contributed by atoms with Gasteiger partial charge in [0.25, 0.3) is 0 Å². The summed E-state index contributed by atoms with van der Waals surface area (Å²) in [6.07, 6.45) is 6.19. The number of hydrogen-bond donors (Lipinski definition) is 1. The predicted molar refractivity (Wildman–Crippen MR) is 81.0 cm³/mol. The summed E-state index contributed by atoms with van der Waals surface area (Å²) in [6.45, 7) is 3.09. The highest BCUT2D eigenvalue weighted by atomic mass is 16.5. The van der Waals surface area contributed by atoms with Gasteiger partial charge in [0.1, 0.15) is 17.3 Å². The molecule has 0 atom stereocenters. The number of hydrogen-bond acceptors (Lipinski definition) is 3. The van der Waals surface area contributed by atoms with Gasteiger partial charge in [-0.2, -0.15) is 0 Å². The molecule has 0 spiro atoms. The molecule has 0 radical (unpaired) electrons. The molecule has 1 aromatic carbocycles. The molecule has 0 saturated carbocycles. The topological polar surface area (TPSA) is 53.1 Å². The van der Waals surface area contributed by atoms with Crippen LogP contribution in [0.2, 0.25) is 0 Å². The summed E-state index contributed by atoms with van der Waals surface area (Å²) >= 11 is 0. The first-order valence-electron chi connectivity index (χ1n) is 6.57. The highest BCUT2D eigenvalue weighted by Gasteiger charge is 2.14. The minimum Gasteiger partial charge on any atom is -0.383 e. The van der Waals surface area contributed by atoms with E-state index in [0.717, 1.165) is 29.1 Å². The molecule has 1 heterocycles. The molecule has 0 bridgehead atoms. The van der Waals surface area contributed by atoms with E-state index in [1.54, 1.807) is 7.11 Å². The second kappa shape index (κ2) is 6.27. The number of anilines is 1. The Morgan fingerprint density at radius 2 is 2.05 bits per heavy atom. The van der Waals surface area contributed by atoms with Crippen LogP contribution in [0.15, 0.2) is 24.3 Å². The molecule has 0 amide bonds. The fraction of sp³-hybridized carbons (Fsp3) is 0.312. The molecule has 104 valence electrons. The first-order chi connectivity index (χ1) is 9.71. The quantitative estimate of drug-likeness (QED) is 0.848. The number of nitrogen functional groups attached to an aromatic ring is 1. The normalized spacial score (nSPS) is 10.4. The zero-order valence-electron chi connectivity index (χ0n) is 11.9. The van der Waals surface area contributed by atoms with Gasteiger partial charge in [-0.3, -0.25) is 0 Å². The van der Waals surface area contributed by atoms with E-state index in [0.29, 0.717) is 19.0 Å². The number of imidazole rings is 1. The third-order valence-electron chi connectivity index (χ3n) is 3.19. The lowest BCUT2D eigenvalue weighted by Gasteiger charge is -2.05. The van der Waals surface area contributed by atoms with Gasteiger partial charge >= 0.3 is 0 Å². The van der Waals surface area contributed by atoms with Crippen molar-refractivity contribution in [1.29, 1.82) is 0 Å². The van der Waals surface area contributed by atoms with Gasteiger partial charge in [0.2, 0.25) is 0 Å². The molecule has 20 heavy (non-hydrogen) atoms. The van der Waals surface area contributed by atoms with Crippen LogP contribution in [0.25, 0.3) is 11.3 Å². The van der Waals surface area contributed by atoms with Crippen LogP contribution in [0.5, 0.6) is 0 Å². The van der Waals surface area contributed by atoms with Crippen molar-refractivity contribution < 1.29 is 4.74 Å². The number of nitrogens with zero attached hydrogens (tertiary/aromatic N) is 2. The molecule has 2 N–H and O–H groups in total. The summed E-state index contributed by atoms with van der Waals surface area (Å²) in [5.41, 5.74) is 9.08. The Bertz CT molecular complexity index is 620. The Hall–Kier alpha value is -2.25. The molecular weight excluding hydrogens is 250 g/mol. The summed E-state index contributed by atoms with van der Waals surface area (Å²) in [4.78, 5) is 4.60. The van der Waals surface area contributed by atoms with Crippen molar-refractivity contribution in [3.63, 3.8) is 0 Å². The molecule has 4 nitrogen and oxygen atoms in total. The van der Waals surface area contributed by atoms with Crippen molar-refractivity contribution >= 4 is 5.82 Å². The highest BCUT2D eigenvalue weighted by Crippen LogP contribution is 2.27. The average molecular weight is 269 g/mol. The number of rotatable bonds is 5. The second-order valence-corrected chi connectivity index (χ2v) is 4.54. The van der Waals surface area contributed by atoms with Crippen molar-refractivity contribution in [3.8, 4) is 23.6 Å². The van der Waals surface area contributed by atoms with Crippen LogP contribution in [-0.4, -0.2) is 16.7 Å². The molecule has 0 fully saturated rings. The molecule has 0 aliphatic rings. The van der Waals surface area contributed by atoms with Crippen molar-refractivity contribution in [1.82, 2.24) is 9.55 Å². The van der Waals surface area contributed by atoms with Crippen LogP contribution in [0, 0.1) is 12.3 Å². The van der Waals surface area contributed by atoms with Gasteiger partial charge in [0.15, 0.2) is 0 Å². The van der Waals surface area contributed by atoms with E-state index < -0.39 is 0 Å². The minimum atomic E-state index is 0.448. The lowest BCUT2D eigenvalue weighted by atomic mass is 10.1. The maximum absolute atomic E-state index is 6.17. The summed E-state index contributed by atoms with van der Waals surface area (Å²) in [7, 11) is 1.68. The predicted octanol–water partition coefficient (Wildman–Crippen LogP) is 2.47. The van der Waals surface area contributed by atoms with E-state index in [-0.39, 0.29) is 0 Å². The third-order valence-corrected chi connectivity index (χ3v) is 3.19. The number of benzene rings is 1. The van der Waals surface area contributed by atoms with Crippen molar-refractivity contribution in [2.75, 3.05) is 12.8 Å². The Morgan fingerprint density at radius 3 is 2.60 bits per heavy atom. The zero-order chi connectivity index (χ0) is 14.5. The maximum Gasteiger partial charge on any atom is 0.132 e. The average Bonchev–Trinajstić information content (AvgIpc) is 2.78. The van der Waals surface area contributed by atoms with Gasteiger partial charge < -0.3 is 15.0 Å². The molecule has 2 rings (SSSR count). The minimum absolute atomic E-state index is 0.448. The van der Waals surface area contributed by atoms with E-state index in [1.807, 2.05) is 35.8 Å². The van der Waals surface area contributed by atoms with Gasteiger partial charge in [-0.05, 0) is 5.56 Å². The Balaban J connectivity index is 2.40. The largest absolute Gasteiger partial charge is 0.383 e. The molecule has 0 unspecified atom stereocenters. The summed E-state index contributed by atoms with van der Waals surface area (Å²) in [5.74, 6) is 4.15. The second-order valence-electron chi connectivity index (χ2n) is 4.54. The van der Waals surface area contributed by atoms with E-state index in [4.69, 9.17) is 16.9 Å². The van der Waals surface area contributed by atoms with Crippen LogP contribution < -0.4 is 5.73 Å². The van der Waals surface area contributed by atoms with Gasteiger partial charge in [-0.25, -0.2) is 4.98 Å². The standard InChI is InChI=1S/C16H19N3O/c1-4-10-19-14(5-2)18-15(16(19)17)13-8-6-12(7-9-13)11-20-3/h1,6-9H,5,10-11,17H2,2-3H3. The summed E-state index contributed by atoms with van der Waals surface area (Å²) in [6, 6.07) is 8.05. The van der Waals surface area contributed by atoms with Crippen LogP contribution in [0.3, 0.4) is 0 Å². The van der Waals surface area contributed by atoms with E-state index in [2.05, 4.69) is 10.9 Å². The van der Waals surface area contributed by atoms with Crippen LogP contribution in [-0.2, 0) is 24.3 Å². The van der Waals surface area contributed by atoms with Crippen molar-refractivity contribution in [3.05, 3.63) is 35.7 Å². The van der Waals surface area contributed by atoms with Crippen LogP contribution in [0.4, 0.5) is 5.82 Å². The zero-order valence-corrected chi connectivity index (χ0v) is 11.9. The van der Waals surface area contributed by atoms with Crippen molar-refractivity contribution in [2.24, 2.45) is 0 Å². The Morgan fingerprint density at radius 1 is 1.35 bits per heavy atom. The fourth-order valence-electron chi connectivity index (χ4n) is 2.19. The number of aryl methyl sites for hydroxylation is 1. The number of methoxy groups -OCH3 is 1. The van der Waals surface area contributed by atoms with E-state index >= 15 is 0 Å². The van der Waals surface area contributed by atoms with Crippen LogP contribution in [0.1, 0.15) is 18.3 Å². The lowest BCUT2D eigenvalue weighted by Crippen LogP contribution is -2.05. The molecule has 1 aromatic heterocycles. The summed E-state index contributed by atoms with van der Waals surface area (Å²) < 4.78 is 6.99. The number of aromatic nitrogens is 2. The number of nitrogens with two attached hydrogens (primary N) is 1. The highest BCUT2D eigenvalue weighted by molar-refractivity contribution is 5.71. The Labute approximate surface area is 119 Å². The molecule has 0 aliphatic carbocycles. The monoisotopic (exact) mass is 269 g/mol. The summed E-state index contributed by atoms with van der Waals surface area (Å²) in [5, 5.41) is 0. The molecule has 0 aliphatic heterocycles. The lowest BCUT2D eigenvalue weighted by molar-refractivity contribution is 0.185. The van der Waals surface area contributed by atoms with E-state index in [9.17, 15) is 0 Å². The van der Waals surface area contributed by atoms with E-state index in [1.165, 1.54) is 0 Å². The number of ether oxygens (including phenoxy) is 1. The smallest absolute Gasteiger partial charge is 0.132 e. The first-order valence-corrected chi connectivity index (χ1v) is 6.57. The fourth-order valence-corrected chi connectivity index (χ4v) is 2.19. The molecule has 2 aromatic rings. The van der Waals surface area contributed by atoms with Crippen LogP contribution >= 0.6 is 0 Å². The molecule has 0 saturated heterocycles. The van der Waals surface area contributed by atoms with Gasteiger partial charge in [0.05, 0.1) is 13.2 Å². The number of terminal acetylenes is 1. The van der Waals surface area contributed by atoms with Gasteiger partial charge in [0, 0.05) is 19.1 Å². The van der Waals surface area contributed by atoms with Gasteiger partial charge in [-0.15, -0.1) is 6.42 Å². The SMILES string of the molecule is C#CCn1c(CC)nc(-c2ccc(COC)cc2)c1N. The molecular formula is C16H19N3O.